The van der Waals surface area contributed by atoms with Crippen molar-refractivity contribution >= 4 is 23.5 Å². The van der Waals surface area contributed by atoms with Crippen molar-refractivity contribution in [2.45, 2.75) is 19.9 Å². The number of carbonyl (C=O) groups excluding carboxylic acids is 1. The Morgan fingerprint density at radius 2 is 2.00 bits per heavy atom. The zero-order valence-electron chi connectivity index (χ0n) is 9.91. The van der Waals surface area contributed by atoms with Gasteiger partial charge in [-0.1, -0.05) is 17.7 Å². The van der Waals surface area contributed by atoms with Gasteiger partial charge in [0.05, 0.1) is 16.5 Å². The molecule has 0 aliphatic heterocycles. The smallest absolute Gasteiger partial charge is 0.308 e. The Balaban J connectivity index is 2.83. The number of aliphatic carboxylic acids is 1. The summed E-state index contributed by atoms with van der Waals surface area (Å²) < 4.78 is 13.2. The van der Waals surface area contributed by atoms with E-state index in [2.05, 4.69) is 5.32 Å². The Morgan fingerprint density at radius 3 is 2.56 bits per heavy atom. The number of carboxylic acids is 1. The summed E-state index contributed by atoms with van der Waals surface area (Å²) in [7, 11) is 0. The van der Waals surface area contributed by atoms with Crippen molar-refractivity contribution in [1.82, 2.24) is 5.32 Å². The van der Waals surface area contributed by atoms with E-state index >= 15 is 0 Å². The molecule has 0 saturated carbocycles. The van der Waals surface area contributed by atoms with Gasteiger partial charge in [0.25, 0.3) is 5.91 Å². The van der Waals surface area contributed by atoms with Crippen LogP contribution < -0.4 is 5.32 Å². The predicted octanol–water partition coefficient (Wildman–Crippen LogP) is 2.32. The minimum absolute atomic E-state index is 0.0129. The molecule has 0 saturated heterocycles. The van der Waals surface area contributed by atoms with E-state index in [1.165, 1.54) is 19.1 Å². The average molecular weight is 274 g/mol. The van der Waals surface area contributed by atoms with E-state index in [-0.39, 0.29) is 10.6 Å². The molecule has 1 aromatic rings. The lowest BCUT2D eigenvalue weighted by atomic mass is 10.0. The fourth-order valence-corrected chi connectivity index (χ4v) is 1.51. The van der Waals surface area contributed by atoms with Crippen molar-refractivity contribution in [2.24, 2.45) is 5.92 Å². The molecule has 2 N–H and O–H groups in total. The third kappa shape index (κ3) is 3.20. The highest BCUT2D eigenvalue weighted by Gasteiger charge is 2.22. The van der Waals surface area contributed by atoms with E-state index in [1.807, 2.05) is 0 Å². The first-order chi connectivity index (χ1) is 8.34. The number of benzene rings is 1. The maximum Gasteiger partial charge on any atom is 0.308 e. The molecule has 0 fully saturated rings. The number of carbonyl (C=O) groups is 2. The molecule has 0 heterocycles. The van der Waals surface area contributed by atoms with Gasteiger partial charge in [0, 0.05) is 6.04 Å². The highest BCUT2D eigenvalue weighted by Crippen LogP contribution is 2.19. The van der Waals surface area contributed by atoms with Gasteiger partial charge < -0.3 is 10.4 Å². The molecule has 98 valence electrons. The summed E-state index contributed by atoms with van der Waals surface area (Å²) in [6.45, 7) is 3.03. The van der Waals surface area contributed by atoms with Crippen LogP contribution in [0.3, 0.4) is 0 Å². The number of hydrogen-bond acceptors (Lipinski definition) is 2. The molecular formula is C12H13ClFNO3. The summed E-state index contributed by atoms with van der Waals surface area (Å²) in [4.78, 5) is 22.5. The lowest BCUT2D eigenvalue weighted by molar-refractivity contribution is -0.141. The summed E-state index contributed by atoms with van der Waals surface area (Å²) >= 11 is 5.66. The zero-order chi connectivity index (χ0) is 13.9. The van der Waals surface area contributed by atoms with Gasteiger partial charge in [0.1, 0.15) is 5.82 Å². The van der Waals surface area contributed by atoms with Crippen LogP contribution in [0.4, 0.5) is 4.39 Å². The molecular weight excluding hydrogens is 261 g/mol. The second kappa shape index (κ2) is 5.82. The van der Waals surface area contributed by atoms with Gasteiger partial charge in [-0.15, -0.1) is 0 Å². The second-order valence-corrected chi connectivity index (χ2v) is 4.37. The fraction of sp³-hybridized carbons (Fsp3) is 0.333. The van der Waals surface area contributed by atoms with Crippen LogP contribution in [-0.4, -0.2) is 23.0 Å². The van der Waals surface area contributed by atoms with Crippen molar-refractivity contribution in [3.63, 3.8) is 0 Å². The molecule has 0 aliphatic rings. The van der Waals surface area contributed by atoms with E-state index in [0.29, 0.717) is 0 Å². The molecule has 0 bridgehead atoms. The highest BCUT2D eigenvalue weighted by molar-refractivity contribution is 6.34. The molecule has 18 heavy (non-hydrogen) atoms. The van der Waals surface area contributed by atoms with Gasteiger partial charge in [-0.05, 0) is 26.0 Å². The average Bonchev–Trinajstić information content (AvgIpc) is 2.31. The van der Waals surface area contributed by atoms with Crippen LogP contribution in [0.1, 0.15) is 24.2 Å². The summed E-state index contributed by atoms with van der Waals surface area (Å²) in [5.41, 5.74) is -0.0129. The predicted molar refractivity (Wildman–Crippen MR) is 65.1 cm³/mol. The molecule has 1 amide bonds. The van der Waals surface area contributed by atoms with Crippen LogP contribution in [0.25, 0.3) is 0 Å². The second-order valence-electron chi connectivity index (χ2n) is 3.99. The zero-order valence-corrected chi connectivity index (χ0v) is 10.7. The molecule has 6 heteroatoms. The quantitative estimate of drug-likeness (QED) is 0.885. The minimum atomic E-state index is -1.02. The van der Waals surface area contributed by atoms with E-state index in [1.54, 1.807) is 6.92 Å². The molecule has 1 aromatic carbocycles. The molecule has 4 nitrogen and oxygen atoms in total. The molecule has 1 rings (SSSR count). The van der Waals surface area contributed by atoms with Gasteiger partial charge >= 0.3 is 5.97 Å². The molecule has 2 unspecified atom stereocenters. The largest absolute Gasteiger partial charge is 0.481 e. The molecule has 0 spiro atoms. The van der Waals surface area contributed by atoms with Crippen LogP contribution >= 0.6 is 11.6 Å². The lowest BCUT2D eigenvalue weighted by Gasteiger charge is -2.18. The van der Waals surface area contributed by atoms with E-state index in [4.69, 9.17) is 16.7 Å². The van der Waals surface area contributed by atoms with Gasteiger partial charge in [0.15, 0.2) is 0 Å². The van der Waals surface area contributed by atoms with Crippen LogP contribution in [0.5, 0.6) is 0 Å². The Bertz CT molecular complexity index is 478. The summed E-state index contributed by atoms with van der Waals surface area (Å²) in [6.07, 6.45) is 0. The number of hydrogen-bond donors (Lipinski definition) is 2. The van der Waals surface area contributed by atoms with Gasteiger partial charge in [-0.25, -0.2) is 4.39 Å². The molecule has 2 atom stereocenters. The van der Waals surface area contributed by atoms with E-state index in [0.717, 1.165) is 6.07 Å². The Hall–Kier alpha value is -1.62. The fourth-order valence-electron chi connectivity index (χ4n) is 1.30. The molecule has 0 radical (unpaired) electrons. The lowest BCUT2D eigenvalue weighted by Crippen LogP contribution is -2.40. The maximum absolute atomic E-state index is 13.2. The van der Waals surface area contributed by atoms with Crippen LogP contribution in [-0.2, 0) is 4.79 Å². The molecule has 0 aliphatic carbocycles. The number of nitrogens with one attached hydrogen (secondary N) is 1. The number of halogens is 2. The van der Waals surface area contributed by atoms with Crippen LogP contribution in [0, 0.1) is 11.7 Å². The van der Waals surface area contributed by atoms with Crippen molar-refractivity contribution in [1.29, 1.82) is 0 Å². The van der Waals surface area contributed by atoms with Gasteiger partial charge in [-0.3, -0.25) is 9.59 Å². The van der Waals surface area contributed by atoms with Crippen molar-refractivity contribution in [3.05, 3.63) is 34.6 Å². The van der Waals surface area contributed by atoms with Crippen molar-refractivity contribution in [2.75, 3.05) is 0 Å². The normalized spacial score (nSPS) is 13.8. The first kappa shape index (κ1) is 14.4. The third-order valence-corrected chi connectivity index (χ3v) is 3.08. The number of carboxylic acid groups (broad SMARTS) is 1. The van der Waals surface area contributed by atoms with Crippen molar-refractivity contribution in [3.8, 4) is 0 Å². The molecule has 0 aromatic heterocycles. The first-order valence-corrected chi connectivity index (χ1v) is 5.70. The topological polar surface area (TPSA) is 66.4 Å². The van der Waals surface area contributed by atoms with Gasteiger partial charge in [-0.2, -0.15) is 0 Å². The SMILES string of the molecule is CC(NC(=O)c1cccc(F)c1Cl)C(C)C(=O)O. The van der Waals surface area contributed by atoms with Crippen LogP contribution in [0.2, 0.25) is 5.02 Å². The Kier molecular flexibility index (Phi) is 4.67. The standard InChI is InChI=1S/C12H13ClFNO3/c1-6(12(17)18)7(2)15-11(16)8-4-3-5-9(14)10(8)13/h3-7H,1-2H3,(H,15,16)(H,17,18). The number of amides is 1. The summed E-state index contributed by atoms with van der Waals surface area (Å²) in [6, 6.07) is 3.29. The first-order valence-electron chi connectivity index (χ1n) is 5.32. The Labute approximate surface area is 109 Å². The number of rotatable bonds is 4. The monoisotopic (exact) mass is 273 g/mol. The minimum Gasteiger partial charge on any atom is -0.481 e. The highest BCUT2D eigenvalue weighted by atomic mass is 35.5. The van der Waals surface area contributed by atoms with E-state index < -0.39 is 29.7 Å². The maximum atomic E-state index is 13.2. The van der Waals surface area contributed by atoms with Gasteiger partial charge in [0.2, 0.25) is 0 Å². The van der Waals surface area contributed by atoms with E-state index in [9.17, 15) is 14.0 Å². The van der Waals surface area contributed by atoms with Crippen molar-refractivity contribution < 1.29 is 19.1 Å². The summed E-state index contributed by atoms with van der Waals surface area (Å²) in [5, 5.41) is 11.0. The van der Waals surface area contributed by atoms with Crippen LogP contribution in [0.15, 0.2) is 18.2 Å². The summed E-state index contributed by atoms with van der Waals surface area (Å²) in [5.74, 6) is -3.06. The third-order valence-electron chi connectivity index (χ3n) is 2.69. The Morgan fingerprint density at radius 1 is 1.39 bits per heavy atom.